The third kappa shape index (κ3) is 6.78. The Balaban J connectivity index is 1.78. The monoisotopic (exact) mass is 514 g/mol. The molecule has 35 heavy (non-hydrogen) atoms. The zero-order chi connectivity index (χ0) is 24.6. The summed E-state index contributed by atoms with van der Waals surface area (Å²) in [5, 5.41) is 3.18. The number of hydrazine groups is 1. The molecule has 1 aromatic heterocycles. The van der Waals surface area contributed by atoms with Crippen LogP contribution in [0, 0.1) is 0 Å². The van der Waals surface area contributed by atoms with Crippen LogP contribution >= 0.6 is 23.2 Å². The standard InChI is InChI=1S/C26H28Cl2N4O3/c1-34-15-16-35-17-22-25(26(33)31-32-13-3-2-4-14-32)30-24(19-7-11-21(28)12-8-19)23(29-22)18-5-9-20(27)10-6-18/h5-12H,2-4,13-17H2,1H3,(H,31,33). The van der Waals surface area contributed by atoms with Gasteiger partial charge in [0.05, 0.1) is 36.9 Å². The van der Waals surface area contributed by atoms with Crippen molar-refractivity contribution >= 4 is 29.1 Å². The van der Waals surface area contributed by atoms with Gasteiger partial charge in [0, 0.05) is 41.4 Å². The number of rotatable bonds is 9. The van der Waals surface area contributed by atoms with E-state index >= 15 is 0 Å². The molecule has 184 valence electrons. The first-order chi connectivity index (χ1) is 17.0. The van der Waals surface area contributed by atoms with E-state index in [0.717, 1.165) is 37.1 Å². The number of ether oxygens (including phenoxy) is 2. The van der Waals surface area contributed by atoms with Crippen LogP contribution in [0.1, 0.15) is 35.4 Å². The molecule has 0 aliphatic carbocycles. The fraction of sp³-hybridized carbons (Fsp3) is 0.346. The van der Waals surface area contributed by atoms with E-state index in [1.165, 1.54) is 6.42 Å². The van der Waals surface area contributed by atoms with Crippen LogP contribution in [-0.4, -0.2) is 54.3 Å². The van der Waals surface area contributed by atoms with Gasteiger partial charge in [-0.3, -0.25) is 10.2 Å². The lowest BCUT2D eigenvalue weighted by Gasteiger charge is -2.27. The molecule has 3 aromatic rings. The van der Waals surface area contributed by atoms with Gasteiger partial charge in [-0.1, -0.05) is 53.9 Å². The molecular formula is C26H28Cl2N4O3. The van der Waals surface area contributed by atoms with Crippen molar-refractivity contribution in [3.8, 4) is 22.5 Å². The van der Waals surface area contributed by atoms with E-state index in [4.69, 9.17) is 42.6 Å². The number of methoxy groups -OCH3 is 1. The van der Waals surface area contributed by atoms with Gasteiger partial charge in [-0.25, -0.2) is 15.0 Å². The summed E-state index contributed by atoms with van der Waals surface area (Å²) in [6, 6.07) is 14.7. The second-order valence-electron chi connectivity index (χ2n) is 8.26. The average molecular weight is 515 g/mol. The number of hydrogen-bond acceptors (Lipinski definition) is 6. The van der Waals surface area contributed by atoms with Crippen molar-refractivity contribution in [2.75, 3.05) is 33.4 Å². The molecule has 1 N–H and O–H groups in total. The Morgan fingerprint density at radius 2 is 1.46 bits per heavy atom. The van der Waals surface area contributed by atoms with Crippen molar-refractivity contribution < 1.29 is 14.3 Å². The largest absolute Gasteiger partial charge is 0.382 e. The number of carbonyl (C=O) groups is 1. The third-order valence-corrected chi connectivity index (χ3v) is 6.21. The van der Waals surface area contributed by atoms with Crippen molar-refractivity contribution in [1.82, 2.24) is 20.4 Å². The van der Waals surface area contributed by atoms with E-state index in [9.17, 15) is 4.79 Å². The number of nitrogens with zero attached hydrogens (tertiary/aromatic N) is 3. The van der Waals surface area contributed by atoms with Crippen molar-refractivity contribution in [1.29, 1.82) is 0 Å². The predicted octanol–water partition coefficient (Wildman–Crippen LogP) is 5.41. The molecule has 2 aromatic carbocycles. The van der Waals surface area contributed by atoms with Crippen LogP contribution < -0.4 is 5.43 Å². The number of amides is 1. The average Bonchev–Trinajstić information content (AvgIpc) is 2.88. The first-order valence-electron chi connectivity index (χ1n) is 11.6. The molecule has 4 rings (SSSR count). The molecule has 0 radical (unpaired) electrons. The van der Waals surface area contributed by atoms with Crippen LogP contribution in [-0.2, 0) is 16.1 Å². The molecule has 1 amide bonds. The van der Waals surface area contributed by atoms with E-state index < -0.39 is 0 Å². The number of halogens is 2. The van der Waals surface area contributed by atoms with Gasteiger partial charge in [-0.05, 0) is 37.1 Å². The maximum Gasteiger partial charge on any atom is 0.286 e. The van der Waals surface area contributed by atoms with E-state index in [1.807, 2.05) is 29.3 Å². The number of hydrogen-bond donors (Lipinski definition) is 1. The van der Waals surface area contributed by atoms with E-state index in [-0.39, 0.29) is 18.2 Å². The minimum Gasteiger partial charge on any atom is -0.382 e. The van der Waals surface area contributed by atoms with Crippen LogP contribution in [0.25, 0.3) is 22.5 Å². The third-order valence-electron chi connectivity index (χ3n) is 5.70. The quantitative estimate of drug-likeness (QED) is 0.384. The van der Waals surface area contributed by atoms with Gasteiger partial charge in [0.2, 0.25) is 0 Å². The van der Waals surface area contributed by atoms with Crippen LogP contribution in [0.3, 0.4) is 0 Å². The normalized spacial score (nSPS) is 14.1. The highest BCUT2D eigenvalue weighted by Gasteiger charge is 2.23. The molecule has 1 fully saturated rings. The maximum atomic E-state index is 13.4. The Labute approximate surface area is 215 Å². The Bertz CT molecular complexity index is 1130. The smallest absolute Gasteiger partial charge is 0.286 e. The van der Waals surface area contributed by atoms with Gasteiger partial charge >= 0.3 is 0 Å². The van der Waals surface area contributed by atoms with Gasteiger partial charge in [-0.15, -0.1) is 0 Å². The molecule has 0 atom stereocenters. The molecule has 1 saturated heterocycles. The fourth-order valence-electron chi connectivity index (χ4n) is 3.88. The summed E-state index contributed by atoms with van der Waals surface area (Å²) >= 11 is 12.2. The summed E-state index contributed by atoms with van der Waals surface area (Å²) < 4.78 is 10.8. The SMILES string of the molecule is COCCOCc1nc(-c2ccc(Cl)cc2)c(-c2ccc(Cl)cc2)nc1C(=O)NN1CCCCC1. The molecule has 0 bridgehead atoms. The van der Waals surface area contributed by atoms with Crippen LogP contribution in [0.4, 0.5) is 0 Å². The first-order valence-corrected chi connectivity index (χ1v) is 12.4. The summed E-state index contributed by atoms with van der Waals surface area (Å²) in [5.41, 5.74) is 6.52. The highest BCUT2D eigenvalue weighted by Crippen LogP contribution is 2.32. The number of aromatic nitrogens is 2. The molecule has 0 unspecified atom stereocenters. The number of nitrogens with one attached hydrogen (secondary N) is 1. The summed E-state index contributed by atoms with van der Waals surface area (Å²) in [6.07, 6.45) is 3.26. The van der Waals surface area contributed by atoms with Gasteiger partial charge in [-0.2, -0.15) is 0 Å². The molecular weight excluding hydrogens is 487 g/mol. The molecule has 1 aliphatic heterocycles. The Morgan fingerprint density at radius 1 is 0.886 bits per heavy atom. The Hall–Kier alpha value is -2.55. The van der Waals surface area contributed by atoms with Gasteiger partial charge in [0.15, 0.2) is 5.69 Å². The lowest BCUT2D eigenvalue weighted by molar-refractivity contribution is 0.0583. The summed E-state index contributed by atoms with van der Waals surface area (Å²) in [7, 11) is 1.61. The second-order valence-corrected chi connectivity index (χ2v) is 9.14. The highest BCUT2D eigenvalue weighted by atomic mass is 35.5. The van der Waals surface area contributed by atoms with Gasteiger partial charge in [0.1, 0.15) is 0 Å². The number of benzene rings is 2. The minimum atomic E-state index is -0.303. The summed E-state index contributed by atoms with van der Waals surface area (Å²) in [6.45, 7) is 2.56. The molecule has 9 heteroatoms. The fourth-order valence-corrected chi connectivity index (χ4v) is 4.14. The topological polar surface area (TPSA) is 76.6 Å². The molecule has 0 saturated carbocycles. The van der Waals surface area contributed by atoms with Crippen LogP contribution in [0.5, 0.6) is 0 Å². The zero-order valence-corrected chi connectivity index (χ0v) is 21.1. The molecule has 1 aliphatic rings. The maximum absolute atomic E-state index is 13.4. The highest BCUT2D eigenvalue weighted by molar-refractivity contribution is 6.31. The van der Waals surface area contributed by atoms with Crippen molar-refractivity contribution in [2.45, 2.75) is 25.9 Å². The Morgan fingerprint density at radius 3 is 2.03 bits per heavy atom. The Kier molecular flexibility index (Phi) is 9.06. The lowest BCUT2D eigenvalue weighted by atomic mass is 10.0. The number of piperidine rings is 1. The van der Waals surface area contributed by atoms with Crippen molar-refractivity contribution in [3.05, 3.63) is 70.0 Å². The molecule has 2 heterocycles. The van der Waals surface area contributed by atoms with Gasteiger partial charge < -0.3 is 9.47 Å². The zero-order valence-electron chi connectivity index (χ0n) is 19.6. The van der Waals surface area contributed by atoms with Crippen molar-refractivity contribution in [2.24, 2.45) is 0 Å². The van der Waals surface area contributed by atoms with Crippen LogP contribution in [0.15, 0.2) is 48.5 Å². The van der Waals surface area contributed by atoms with E-state index in [0.29, 0.717) is 40.3 Å². The molecule has 7 nitrogen and oxygen atoms in total. The van der Waals surface area contributed by atoms with Crippen LogP contribution in [0.2, 0.25) is 10.0 Å². The van der Waals surface area contributed by atoms with E-state index in [1.54, 1.807) is 31.4 Å². The van der Waals surface area contributed by atoms with Gasteiger partial charge in [0.25, 0.3) is 5.91 Å². The first kappa shape index (κ1) is 25.5. The van der Waals surface area contributed by atoms with Crippen molar-refractivity contribution in [3.63, 3.8) is 0 Å². The lowest BCUT2D eigenvalue weighted by Crippen LogP contribution is -2.45. The minimum absolute atomic E-state index is 0.126. The number of carbonyl (C=O) groups excluding carboxylic acids is 1. The summed E-state index contributed by atoms with van der Waals surface area (Å²) in [4.78, 5) is 23.1. The second kappa shape index (κ2) is 12.4. The molecule has 0 spiro atoms. The predicted molar refractivity (Wildman–Crippen MR) is 137 cm³/mol. The van der Waals surface area contributed by atoms with E-state index in [2.05, 4.69) is 5.43 Å². The summed E-state index contributed by atoms with van der Waals surface area (Å²) in [5.74, 6) is -0.303.